The fourth-order valence-corrected chi connectivity index (χ4v) is 3.48. The molecule has 1 amide bonds. The van der Waals surface area contributed by atoms with E-state index in [0.29, 0.717) is 17.3 Å². The van der Waals surface area contributed by atoms with Crippen molar-refractivity contribution in [1.82, 2.24) is 5.32 Å². The highest BCUT2D eigenvalue weighted by atomic mass is 79.9. The first-order valence-electron chi connectivity index (χ1n) is 6.04. The predicted molar refractivity (Wildman–Crippen MR) is 76.4 cm³/mol. The number of halogens is 4. The van der Waals surface area contributed by atoms with Crippen LogP contribution in [-0.4, -0.2) is 17.3 Å². The Kier molecular flexibility index (Phi) is 4.95. The summed E-state index contributed by atoms with van der Waals surface area (Å²) >= 11 is 6.50. The first kappa shape index (κ1) is 14.9. The summed E-state index contributed by atoms with van der Waals surface area (Å²) in [6.07, 6.45) is 3.06. The maximum absolute atomic E-state index is 13.6. The lowest BCUT2D eigenvalue weighted by atomic mass is 10.1. The van der Waals surface area contributed by atoms with Crippen molar-refractivity contribution in [1.29, 1.82) is 0 Å². The lowest BCUT2D eigenvalue weighted by Crippen LogP contribution is -2.30. The zero-order valence-corrected chi connectivity index (χ0v) is 13.2. The standard InChI is InChI=1S/C13H13Br2F2NO/c14-8-2-1-7(3-8)6-18-13(19)12-10(16)4-9(15)5-11(12)17/h4-5,7-8H,1-3,6H2,(H,18,19). The molecule has 0 heterocycles. The Balaban J connectivity index is 2.00. The zero-order chi connectivity index (χ0) is 14.0. The molecular weight excluding hydrogens is 384 g/mol. The number of hydrogen-bond donors (Lipinski definition) is 1. The van der Waals surface area contributed by atoms with Crippen LogP contribution in [0.5, 0.6) is 0 Å². The maximum atomic E-state index is 13.6. The lowest BCUT2D eigenvalue weighted by molar-refractivity contribution is 0.0939. The molecule has 1 aliphatic carbocycles. The fraction of sp³-hybridized carbons (Fsp3) is 0.462. The van der Waals surface area contributed by atoms with E-state index >= 15 is 0 Å². The second kappa shape index (κ2) is 6.31. The van der Waals surface area contributed by atoms with Crippen LogP contribution in [0.3, 0.4) is 0 Å². The molecule has 104 valence electrons. The SMILES string of the molecule is O=C(NCC1CCC(Br)C1)c1c(F)cc(Br)cc1F. The summed E-state index contributed by atoms with van der Waals surface area (Å²) in [5.41, 5.74) is -0.517. The number of amides is 1. The minimum atomic E-state index is -0.853. The average Bonchev–Trinajstić information content (AvgIpc) is 2.71. The van der Waals surface area contributed by atoms with E-state index in [2.05, 4.69) is 37.2 Å². The molecule has 0 saturated heterocycles. The molecule has 2 nitrogen and oxygen atoms in total. The van der Waals surface area contributed by atoms with Gasteiger partial charge < -0.3 is 5.32 Å². The van der Waals surface area contributed by atoms with Crippen molar-refractivity contribution in [2.75, 3.05) is 6.54 Å². The van der Waals surface area contributed by atoms with E-state index in [1.807, 2.05) is 0 Å². The fourth-order valence-electron chi connectivity index (χ4n) is 2.28. The summed E-state index contributed by atoms with van der Waals surface area (Å²) in [6, 6.07) is 2.17. The van der Waals surface area contributed by atoms with Gasteiger partial charge in [-0.3, -0.25) is 4.79 Å². The first-order chi connectivity index (χ1) is 8.97. The topological polar surface area (TPSA) is 29.1 Å². The van der Waals surface area contributed by atoms with Gasteiger partial charge in [-0.2, -0.15) is 0 Å². The number of hydrogen-bond acceptors (Lipinski definition) is 1. The molecule has 2 rings (SSSR count). The van der Waals surface area contributed by atoms with Gasteiger partial charge in [0.15, 0.2) is 0 Å². The monoisotopic (exact) mass is 395 g/mol. The van der Waals surface area contributed by atoms with Gasteiger partial charge in [0.05, 0.1) is 0 Å². The Labute approximate surface area is 127 Å². The number of nitrogens with one attached hydrogen (secondary N) is 1. The highest BCUT2D eigenvalue weighted by molar-refractivity contribution is 9.10. The number of rotatable bonds is 3. The van der Waals surface area contributed by atoms with Crippen molar-refractivity contribution < 1.29 is 13.6 Å². The zero-order valence-electron chi connectivity index (χ0n) is 10.1. The minimum absolute atomic E-state index is 0.275. The molecule has 6 heteroatoms. The van der Waals surface area contributed by atoms with Crippen molar-refractivity contribution in [2.45, 2.75) is 24.1 Å². The molecule has 2 unspecified atom stereocenters. The Morgan fingerprint density at radius 2 is 1.95 bits per heavy atom. The Hall–Kier alpha value is -0.490. The van der Waals surface area contributed by atoms with Crippen LogP contribution in [0, 0.1) is 17.6 Å². The van der Waals surface area contributed by atoms with Crippen molar-refractivity contribution in [3.05, 3.63) is 33.8 Å². The number of benzene rings is 1. The number of carbonyl (C=O) groups excluding carboxylic acids is 1. The quantitative estimate of drug-likeness (QED) is 0.768. The Morgan fingerprint density at radius 3 is 2.47 bits per heavy atom. The van der Waals surface area contributed by atoms with Gasteiger partial charge in [0, 0.05) is 15.8 Å². The van der Waals surface area contributed by atoms with Crippen LogP contribution < -0.4 is 5.32 Å². The summed E-state index contributed by atoms with van der Waals surface area (Å²) in [6.45, 7) is 0.454. The van der Waals surface area contributed by atoms with Gasteiger partial charge >= 0.3 is 0 Å². The molecule has 19 heavy (non-hydrogen) atoms. The van der Waals surface area contributed by atoms with Crippen LogP contribution in [0.25, 0.3) is 0 Å². The van der Waals surface area contributed by atoms with Gasteiger partial charge in [0.25, 0.3) is 5.91 Å². The molecule has 1 aliphatic rings. The average molecular weight is 397 g/mol. The second-order valence-corrected chi connectivity index (χ2v) is 6.94. The van der Waals surface area contributed by atoms with E-state index in [1.54, 1.807) is 0 Å². The molecule has 1 N–H and O–H groups in total. The van der Waals surface area contributed by atoms with Crippen LogP contribution in [0.4, 0.5) is 8.78 Å². The third-order valence-electron chi connectivity index (χ3n) is 3.26. The summed E-state index contributed by atoms with van der Waals surface area (Å²) in [7, 11) is 0. The van der Waals surface area contributed by atoms with Gasteiger partial charge in [0.1, 0.15) is 17.2 Å². The largest absolute Gasteiger partial charge is 0.352 e. The molecule has 0 radical (unpaired) electrons. The van der Waals surface area contributed by atoms with E-state index in [-0.39, 0.29) is 4.47 Å². The molecule has 0 spiro atoms. The van der Waals surface area contributed by atoms with Crippen LogP contribution >= 0.6 is 31.9 Å². The normalized spacial score (nSPS) is 22.5. The van der Waals surface area contributed by atoms with Gasteiger partial charge in [-0.05, 0) is 37.3 Å². The Morgan fingerprint density at radius 1 is 1.32 bits per heavy atom. The van der Waals surface area contributed by atoms with Crippen molar-refractivity contribution in [2.24, 2.45) is 5.92 Å². The molecular formula is C13H13Br2F2NO. The number of carbonyl (C=O) groups is 1. The van der Waals surface area contributed by atoms with Gasteiger partial charge in [0.2, 0.25) is 0 Å². The molecule has 0 bridgehead atoms. The summed E-state index contributed by atoms with van der Waals surface area (Å²) < 4.78 is 27.4. The minimum Gasteiger partial charge on any atom is -0.352 e. The third-order valence-corrected chi connectivity index (χ3v) is 4.55. The summed E-state index contributed by atoms with van der Waals surface area (Å²) in [4.78, 5) is 12.3. The van der Waals surface area contributed by atoms with E-state index in [0.717, 1.165) is 31.4 Å². The first-order valence-corrected chi connectivity index (χ1v) is 7.75. The smallest absolute Gasteiger partial charge is 0.257 e. The molecule has 0 aliphatic heterocycles. The highest BCUT2D eigenvalue weighted by Gasteiger charge is 2.24. The van der Waals surface area contributed by atoms with Crippen LogP contribution in [0.2, 0.25) is 0 Å². The molecule has 1 aromatic carbocycles. The maximum Gasteiger partial charge on any atom is 0.257 e. The van der Waals surface area contributed by atoms with Gasteiger partial charge in [-0.25, -0.2) is 8.78 Å². The van der Waals surface area contributed by atoms with Crippen LogP contribution in [0.15, 0.2) is 16.6 Å². The van der Waals surface area contributed by atoms with E-state index in [9.17, 15) is 13.6 Å². The van der Waals surface area contributed by atoms with Crippen LogP contribution in [0.1, 0.15) is 29.6 Å². The predicted octanol–water partition coefficient (Wildman–Crippen LogP) is 4.02. The molecule has 1 saturated carbocycles. The highest BCUT2D eigenvalue weighted by Crippen LogP contribution is 2.30. The van der Waals surface area contributed by atoms with Crippen molar-refractivity contribution >= 4 is 37.8 Å². The van der Waals surface area contributed by atoms with E-state index in [1.165, 1.54) is 0 Å². The number of alkyl halides is 1. The van der Waals surface area contributed by atoms with Crippen molar-refractivity contribution in [3.8, 4) is 0 Å². The summed E-state index contributed by atoms with van der Waals surface area (Å²) in [5, 5.41) is 2.61. The summed E-state index contributed by atoms with van der Waals surface area (Å²) in [5.74, 6) is -2.03. The molecule has 2 atom stereocenters. The Bertz CT molecular complexity index is 473. The molecule has 1 aromatic rings. The molecule has 0 aromatic heterocycles. The third kappa shape index (κ3) is 3.75. The van der Waals surface area contributed by atoms with Crippen molar-refractivity contribution in [3.63, 3.8) is 0 Å². The second-order valence-electron chi connectivity index (χ2n) is 4.73. The van der Waals surface area contributed by atoms with Gasteiger partial charge in [-0.15, -0.1) is 0 Å². The van der Waals surface area contributed by atoms with E-state index < -0.39 is 23.1 Å². The van der Waals surface area contributed by atoms with Crippen LogP contribution in [-0.2, 0) is 0 Å². The lowest BCUT2D eigenvalue weighted by Gasteiger charge is -2.12. The van der Waals surface area contributed by atoms with Gasteiger partial charge in [-0.1, -0.05) is 31.9 Å². The molecule has 1 fully saturated rings. The van der Waals surface area contributed by atoms with E-state index in [4.69, 9.17) is 0 Å².